The van der Waals surface area contributed by atoms with Gasteiger partial charge in [0.15, 0.2) is 0 Å². The molecule has 1 saturated heterocycles. The first-order valence-corrected chi connectivity index (χ1v) is 13.2. The molecule has 5 nitrogen and oxygen atoms in total. The lowest BCUT2D eigenvalue weighted by Crippen LogP contribution is -2.39. The molecular formula is C30H28F4N2O3. The normalized spacial score (nSPS) is 22.4. The van der Waals surface area contributed by atoms with E-state index in [0.717, 1.165) is 28.7 Å². The van der Waals surface area contributed by atoms with Gasteiger partial charge in [0, 0.05) is 35.8 Å². The summed E-state index contributed by atoms with van der Waals surface area (Å²) in [6, 6.07) is 14.1. The number of carboxylic acids is 1. The molecule has 2 aromatic carbocycles. The number of ether oxygens (including phenoxy) is 1. The first-order chi connectivity index (χ1) is 18.6. The van der Waals surface area contributed by atoms with Crippen LogP contribution in [0.2, 0.25) is 0 Å². The molecule has 0 radical (unpaired) electrons. The summed E-state index contributed by atoms with van der Waals surface area (Å²) in [5.74, 6) is -1.16. The number of pyridine rings is 1. The molecule has 1 saturated carbocycles. The van der Waals surface area contributed by atoms with Gasteiger partial charge >= 0.3 is 12.1 Å². The molecule has 6 rings (SSSR count). The monoisotopic (exact) mass is 540 g/mol. The van der Waals surface area contributed by atoms with Gasteiger partial charge < -0.3 is 14.7 Å². The van der Waals surface area contributed by atoms with E-state index in [0.29, 0.717) is 35.9 Å². The number of aromatic nitrogens is 1. The Bertz CT molecular complexity index is 1430. The van der Waals surface area contributed by atoms with E-state index < -0.39 is 18.1 Å². The van der Waals surface area contributed by atoms with Gasteiger partial charge in [-0.25, -0.2) is 9.37 Å². The van der Waals surface area contributed by atoms with Crippen LogP contribution < -0.4 is 9.64 Å². The van der Waals surface area contributed by atoms with Crippen LogP contribution in [0.3, 0.4) is 0 Å². The van der Waals surface area contributed by atoms with Crippen molar-refractivity contribution in [1.29, 1.82) is 0 Å². The predicted octanol–water partition coefficient (Wildman–Crippen LogP) is 6.52. The number of anilines is 1. The molecule has 0 amide bonds. The number of halogens is 4. The number of benzene rings is 2. The van der Waals surface area contributed by atoms with E-state index in [9.17, 15) is 27.5 Å². The SMILES string of the molecule is Cc1nc(N2CCC(C(F)(F)F)CC2)ccc1-c1ccc(F)c(COc2ccc3c(c2)C[C@H]2[C@H](C(=O)O)[C@@H]32)c1. The number of piperidine rings is 1. The number of alkyl halides is 3. The maximum atomic E-state index is 14.7. The van der Waals surface area contributed by atoms with Crippen LogP contribution in [-0.2, 0) is 17.8 Å². The van der Waals surface area contributed by atoms with Crippen LogP contribution in [0.4, 0.5) is 23.4 Å². The first kappa shape index (κ1) is 25.6. The number of hydrogen-bond donors (Lipinski definition) is 1. The lowest BCUT2D eigenvalue weighted by atomic mass is 9.96. The second-order valence-electron chi connectivity index (χ2n) is 10.8. The number of rotatable bonds is 6. The van der Waals surface area contributed by atoms with E-state index in [1.165, 1.54) is 6.07 Å². The van der Waals surface area contributed by atoms with Gasteiger partial charge in [-0.2, -0.15) is 13.2 Å². The molecule has 1 N–H and O–H groups in total. The molecule has 3 aliphatic rings. The topological polar surface area (TPSA) is 62.7 Å². The molecule has 1 aromatic heterocycles. The average Bonchev–Trinajstić information content (AvgIpc) is 3.50. The molecule has 0 bridgehead atoms. The predicted molar refractivity (Wildman–Crippen MR) is 137 cm³/mol. The Labute approximate surface area is 223 Å². The van der Waals surface area contributed by atoms with Crippen molar-refractivity contribution in [3.8, 4) is 16.9 Å². The minimum Gasteiger partial charge on any atom is -0.489 e. The fourth-order valence-corrected chi connectivity index (χ4v) is 6.30. The largest absolute Gasteiger partial charge is 0.489 e. The third-order valence-electron chi connectivity index (χ3n) is 8.49. The number of aryl methyl sites for hydroxylation is 1. The van der Waals surface area contributed by atoms with Gasteiger partial charge in [0.25, 0.3) is 0 Å². The molecule has 39 heavy (non-hydrogen) atoms. The smallest absolute Gasteiger partial charge is 0.391 e. The number of fused-ring (bicyclic) bond motifs is 3. The van der Waals surface area contributed by atoms with E-state index in [2.05, 4.69) is 4.98 Å². The van der Waals surface area contributed by atoms with Crippen LogP contribution in [0.1, 0.15) is 41.1 Å². The summed E-state index contributed by atoms with van der Waals surface area (Å²) in [7, 11) is 0. The van der Waals surface area contributed by atoms with Crippen molar-refractivity contribution in [3.05, 3.63) is 76.7 Å². The van der Waals surface area contributed by atoms with Crippen molar-refractivity contribution >= 4 is 11.8 Å². The van der Waals surface area contributed by atoms with E-state index in [1.807, 2.05) is 36.1 Å². The number of aliphatic carboxylic acids is 1. The van der Waals surface area contributed by atoms with Crippen molar-refractivity contribution in [1.82, 2.24) is 4.98 Å². The van der Waals surface area contributed by atoms with Crippen LogP contribution in [0.25, 0.3) is 11.1 Å². The van der Waals surface area contributed by atoms with Crippen molar-refractivity contribution in [2.24, 2.45) is 17.8 Å². The molecule has 0 unspecified atom stereocenters. The zero-order valence-corrected chi connectivity index (χ0v) is 21.3. The third kappa shape index (κ3) is 4.83. The van der Waals surface area contributed by atoms with Gasteiger partial charge in [-0.05, 0) is 85.2 Å². The Morgan fingerprint density at radius 3 is 2.56 bits per heavy atom. The zero-order chi connectivity index (χ0) is 27.5. The summed E-state index contributed by atoms with van der Waals surface area (Å²) >= 11 is 0. The highest BCUT2D eigenvalue weighted by Gasteiger charge is 2.59. The summed E-state index contributed by atoms with van der Waals surface area (Å²) in [5.41, 5.74) is 4.86. The number of carbonyl (C=O) groups is 1. The Kier molecular flexibility index (Phi) is 6.27. The molecule has 2 aliphatic carbocycles. The second-order valence-corrected chi connectivity index (χ2v) is 10.8. The highest BCUT2D eigenvalue weighted by atomic mass is 19.4. The highest BCUT2D eigenvalue weighted by molar-refractivity contribution is 5.78. The van der Waals surface area contributed by atoms with Crippen LogP contribution >= 0.6 is 0 Å². The molecule has 9 heteroatoms. The van der Waals surface area contributed by atoms with E-state index in [4.69, 9.17) is 4.74 Å². The molecule has 1 aliphatic heterocycles. The highest BCUT2D eigenvalue weighted by Crippen LogP contribution is 2.61. The van der Waals surface area contributed by atoms with Gasteiger partial charge in [0.1, 0.15) is 24.0 Å². The van der Waals surface area contributed by atoms with E-state index >= 15 is 0 Å². The minimum absolute atomic E-state index is 0.0295. The van der Waals surface area contributed by atoms with Gasteiger partial charge in [0.2, 0.25) is 0 Å². The van der Waals surface area contributed by atoms with Crippen LogP contribution in [-0.4, -0.2) is 35.3 Å². The quantitative estimate of drug-likeness (QED) is 0.361. The molecule has 2 fully saturated rings. The zero-order valence-electron chi connectivity index (χ0n) is 21.3. The minimum atomic E-state index is -4.16. The number of nitrogens with zero attached hydrogens (tertiary/aromatic N) is 2. The first-order valence-electron chi connectivity index (χ1n) is 13.2. The Morgan fingerprint density at radius 1 is 1.10 bits per heavy atom. The van der Waals surface area contributed by atoms with Crippen LogP contribution in [0.15, 0.2) is 48.5 Å². The average molecular weight is 541 g/mol. The fourth-order valence-electron chi connectivity index (χ4n) is 6.30. The van der Waals surface area contributed by atoms with Crippen LogP contribution in [0.5, 0.6) is 5.75 Å². The molecule has 3 aromatic rings. The number of carboxylic acid groups (broad SMARTS) is 1. The van der Waals surface area contributed by atoms with Crippen molar-refractivity contribution in [2.45, 2.75) is 44.9 Å². The van der Waals surface area contributed by atoms with E-state index in [1.54, 1.807) is 18.2 Å². The standard InChI is InChI=1S/C30H28F4N2O3/c1-16-22(5-7-26(35-16)36-10-8-20(9-11-36)30(32,33)34)17-2-6-25(31)19(12-17)15-39-21-3-4-23-18(13-21)14-24-27(23)28(24)29(37)38/h2-7,12-13,20,24,27-28H,8-11,14-15H2,1H3,(H,37,38)/t24-,27+,28+/m1/s1. The maximum absolute atomic E-state index is 14.7. The Hall–Kier alpha value is -3.62. The number of hydrogen-bond acceptors (Lipinski definition) is 4. The fraction of sp³-hybridized carbons (Fsp3) is 0.400. The van der Waals surface area contributed by atoms with Gasteiger partial charge in [-0.1, -0.05) is 12.1 Å². The molecular weight excluding hydrogens is 512 g/mol. The maximum Gasteiger partial charge on any atom is 0.391 e. The van der Waals surface area contributed by atoms with Gasteiger partial charge in [-0.3, -0.25) is 4.79 Å². The summed E-state index contributed by atoms with van der Waals surface area (Å²) in [6.45, 7) is 2.48. The lowest BCUT2D eigenvalue weighted by molar-refractivity contribution is -0.179. The van der Waals surface area contributed by atoms with Crippen molar-refractivity contribution in [2.75, 3.05) is 18.0 Å². The second kappa shape index (κ2) is 9.54. The lowest BCUT2D eigenvalue weighted by Gasteiger charge is -2.33. The van der Waals surface area contributed by atoms with Crippen molar-refractivity contribution in [3.63, 3.8) is 0 Å². The molecule has 0 spiro atoms. The Balaban J connectivity index is 1.13. The summed E-state index contributed by atoms with van der Waals surface area (Å²) in [5, 5.41) is 9.30. The van der Waals surface area contributed by atoms with Gasteiger partial charge in [0.05, 0.1) is 11.8 Å². The Morgan fingerprint density at radius 2 is 1.87 bits per heavy atom. The van der Waals surface area contributed by atoms with E-state index in [-0.39, 0.29) is 43.0 Å². The van der Waals surface area contributed by atoms with Crippen LogP contribution in [0, 0.1) is 30.5 Å². The summed E-state index contributed by atoms with van der Waals surface area (Å²) in [6.07, 6.45) is -3.32. The summed E-state index contributed by atoms with van der Waals surface area (Å²) < 4.78 is 59.6. The van der Waals surface area contributed by atoms with Crippen molar-refractivity contribution < 1.29 is 32.2 Å². The molecule has 3 atom stereocenters. The molecule has 2 heterocycles. The summed E-state index contributed by atoms with van der Waals surface area (Å²) in [4.78, 5) is 17.9. The van der Waals surface area contributed by atoms with Gasteiger partial charge in [-0.15, -0.1) is 0 Å². The third-order valence-corrected chi connectivity index (χ3v) is 8.49. The molecule has 204 valence electrons.